The van der Waals surface area contributed by atoms with Crippen LogP contribution in [0.5, 0.6) is 0 Å². The molecule has 1 unspecified atom stereocenters. The maximum Gasteiger partial charge on any atom is 0.106 e. The van der Waals surface area contributed by atoms with E-state index in [2.05, 4.69) is 52.8 Å². The molecule has 0 aliphatic carbocycles. The van der Waals surface area contributed by atoms with Crippen LogP contribution in [0.25, 0.3) is 0 Å². The van der Waals surface area contributed by atoms with Crippen molar-refractivity contribution < 1.29 is 4.42 Å². The Balaban J connectivity index is 2.46. The lowest BCUT2D eigenvalue weighted by Gasteiger charge is -2.19. The van der Waals surface area contributed by atoms with Crippen LogP contribution in [-0.4, -0.2) is 6.54 Å². The van der Waals surface area contributed by atoms with Gasteiger partial charge in [-0.15, -0.1) is 0 Å². The van der Waals surface area contributed by atoms with Crippen molar-refractivity contribution in [2.45, 2.75) is 40.2 Å². The summed E-state index contributed by atoms with van der Waals surface area (Å²) in [5, 5.41) is 7.98. The highest BCUT2D eigenvalue weighted by molar-refractivity contribution is 9.10. The Labute approximate surface area is 127 Å². The van der Waals surface area contributed by atoms with Gasteiger partial charge in [-0.05, 0) is 66.2 Å². The van der Waals surface area contributed by atoms with Gasteiger partial charge >= 0.3 is 0 Å². The highest BCUT2D eigenvalue weighted by Crippen LogP contribution is 2.36. The first kappa shape index (κ1) is 14.8. The number of hydrogen-bond donors (Lipinski definition) is 1. The first-order chi connectivity index (χ1) is 9.06. The quantitative estimate of drug-likeness (QED) is 0.816. The molecule has 2 rings (SSSR count). The number of rotatable bonds is 5. The van der Waals surface area contributed by atoms with Crippen LogP contribution in [0.2, 0.25) is 0 Å². The van der Waals surface area contributed by atoms with Crippen LogP contribution < -0.4 is 5.32 Å². The molecule has 2 aromatic heterocycles. The molecule has 104 valence electrons. The summed E-state index contributed by atoms with van der Waals surface area (Å²) >= 11 is 5.38. The Morgan fingerprint density at radius 1 is 1.26 bits per heavy atom. The van der Waals surface area contributed by atoms with E-state index in [4.69, 9.17) is 4.42 Å². The molecule has 19 heavy (non-hydrogen) atoms. The Morgan fingerprint density at radius 3 is 2.47 bits per heavy atom. The van der Waals surface area contributed by atoms with E-state index in [0.717, 1.165) is 24.5 Å². The monoisotopic (exact) mass is 341 g/mol. The van der Waals surface area contributed by atoms with Gasteiger partial charge in [0.25, 0.3) is 0 Å². The zero-order valence-electron chi connectivity index (χ0n) is 11.8. The molecule has 2 heterocycles. The first-order valence-electron chi connectivity index (χ1n) is 6.57. The zero-order valence-corrected chi connectivity index (χ0v) is 14.2. The zero-order chi connectivity index (χ0) is 14.0. The highest BCUT2D eigenvalue weighted by Gasteiger charge is 2.24. The molecule has 0 saturated carbocycles. The van der Waals surface area contributed by atoms with Gasteiger partial charge in [-0.25, -0.2) is 0 Å². The topological polar surface area (TPSA) is 25.2 Å². The van der Waals surface area contributed by atoms with E-state index in [9.17, 15) is 0 Å². The van der Waals surface area contributed by atoms with Gasteiger partial charge in [-0.1, -0.05) is 6.92 Å². The molecule has 1 atom stereocenters. The third-order valence-corrected chi connectivity index (χ3v) is 5.21. The second kappa shape index (κ2) is 6.25. The van der Waals surface area contributed by atoms with Crippen molar-refractivity contribution in [1.29, 1.82) is 0 Å². The van der Waals surface area contributed by atoms with Crippen LogP contribution in [0.3, 0.4) is 0 Å². The fourth-order valence-corrected chi connectivity index (χ4v) is 3.94. The molecule has 0 fully saturated rings. The molecule has 2 nitrogen and oxygen atoms in total. The Morgan fingerprint density at radius 2 is 2.00 bits per heavy atom. The second-order valence-electron chi connectivity index (χ2n) is 4.82. The molecule has 4 heteroatoms. The lowest BCUT2D eigenvalue weighted by molar-refractivity contribution is 0.493. The molecular formula is C15H20BrNOS. The molecule has 0 spiro atoms. The standard InChI is InChI=1S/C15H20BrNOS/c1-5-6-17-15(12-7-19-8-13(12)16)14-9(2)10(3)18-11(14)4/h7-8,15,17H,5-6H2,1-4H3. The van der Waals surface area contributed by atoms with Crippen LogP contribution in [0, 0.1) is 20.8 Å². The Hall–Kier alpha value is -0.580. The summed E-state index contributed by atoms with van der Waals surface area (Å²) in [7, 11) is 0. The Kier molecular flexibility index (Phi) is 4.87. The summed E-state index contributed by atoms with van der Waals surface area (Å²) < 4.78 is 6.96. The molecule has 0 aliphatic rings. The van der Waals surface area contributed by atoms with E-state index in [0.29, 0.717) is 0 Å². The van der Waals surface area contributed by atoms with Gasteiger partial charge in [0.15, 0.2) is 0 Å². The van der Waals surface area contributed by atoms with E-state index >= 15 is 0 Å². The van der Waals surface area contributed by atoms with Gasteiger partial charge in [0.1, 0.15) is 11.5 Å². The molecular weight excluding hydrogens is 322 g/mol. The third-order valence-electron chi connectivity index (χ3n) is 3.46. The minimum atomic E-state index is 0.207. The van der Waals surface area contributed by atoms with Crippen molar-refractivity contribution in [3.8, 4) is 0 Å². The maximum atomic E-state index is 5.79. The van der Waals surface area contributed by atoms with E-state index in [1.54, 1.807) is 11.3 Å². The van der Waals surface area contributed by atoms with Crippen molar-refractivity contribution in [3.63, 3.8) is 0 Å². The molecule has 0 saturated heterocycles. The number of halogens is 1. The first-order valence-corrected chi connectivity index (χ1v) is 8.31. The van der Waals surface area contributed by atoms with E-state index in [-0.39, 0.29) is 6.04 Å². The van der Waals surface area contributed by atoms with E-state index in [1.165, 1.54) is 21.2 Å². The van der Waals surface area contributed by atoms with Crippen LogP contribution in [0.4, 0.5) is 0 Å². The van der Waals surface area contributed by atoms with Gasteiger partial charge in [0.05, 0.1) is 6.04 Å². The molecule has 0 radical (unpaired) electrons. The molecule has 0 bridgehead atoms. The fourth-order valence-electron chi connectivity index (χ4n) is 2.39. The van der Waals surface area contributed by atoms with Crippen molar-refractivity contribution >= 4 is 27.3 Å². The summed E-state index contributed by atoms with van der Waals surface area (Å²) in [6.45, 7) is 9.41. The average Bonchev–Trinajstić information content (AvgIpc) is 2.88. The van der Waals surface area contributed by atoms with Gasteiger partial charge in [0.2, 0.25) is 0 Å². The summed E-state index contributed by atoms with van der Waals surface area (Å²) in [5.41, 5.74) is 3.83. The van der Waals surface area contributed by atoms with Crippen LogP contribution >= 0.6 is 27.3 Å². The smallest absolute Gasteiger partial charge is 0.106 e. The van der Waals surface area contributed by atoms with Gasteiger partial charge in [-0.3, -0.25) is 0 Å². The minimum absolute atomic E-state index is 0.207. The average molecular weight is 342 g/mol. The second-order valence-corrected chi connectivity index (χ2v) is 6.41. The SMILES string of the molecule is CCCNC(c1cscc1Br)c1c(C)oc(C)c1C. The Bertz CT molecular complexity index is 558. The predicted octanol–water partition coefficient (Wildman–Crippen LogP) is 5.12. The van der Waals surface area contributed by atoms with Crippen molar-refractivity contribution in [2.24, 2.45) is 0 Å². The number of hydrogen-bond acceptors (Lipinski definition) is 3. The molecule has 0 aromatic carbocycles. The largest absolute Gasteiger partial charge is 0.466 e. The molecule has 1 N–H and O–H groups in total. The third kappa shape index (κ3) is 2.96. The molecule has 0 amide bonds. The van der Waals surface area contributed by atoms with Gasteiger partial charge < -0.3 is 9.73 Å². The molecule has 0 aliphatic heterocycles. The van der Waals surface area contributed by atoms with Crippen LogP contribution in [0.1, 0.15) is 47.6 Å². The van der Waals surface area contributed by atoms with Crippen LogP contribution in [-0.2, 0) is 0 Å². The highest BCUT2D eigenvalue weighted by atomic mass is 79.9. The number of furan rings is 1. The molecule has 2 aromatic rings. The van der Waals surface area contributed by atoms with Crippen molar-refractivity contribution in [3.05, 3.63) is 43.4 Å². The van der Waals surface area contributed by atoms with Crippen molar-refractivity contribution in [1.82, 2.24) is 5.32 Å². The predicted molar refractivity (Wildman–Crippen MR) is 85.1 cm³/mol. The summed E-state index contributed by atoms with van der Waals surface area (Å²) in [4.78, 5) is 0. The van der Waals surface area contributed by atoms with E-state index in [1.807, 2.05) is 6.92 Å². The number of nitrogens with one attached hydrogen (secondary N) is 1. The maximum absolute atomic E-state index is 5.79. The summed E-state index contributed by atoms with van der Waals surface area (Å²) in [5.74, 6) is 2.03. The van der Waals surface area contributed by atoms with Crippen LogP contribution in [0.15, 0.2) is 19.6 Å². The lowest BCUT2D eigenvalue weighted by Crippen LogP contribution is -2.24. The van der Waals surface area contributed by atoms with Crippen molar-refractivity contribution in [2.75, 3.05) is 6.54 Å². The lowest BCUT2D eigenvalue weighted by atomic mass is 9.97. The minimum Gasteiger partial charge on any atom is -0.466 e. The summed E-state index contributed by atoms with van der Waals surface area (Å²) in [6, 6.07) is 0.207. The van der Waals surface area contributed by atoms with Gasteiger partial charge in [-0.2, -0.15) is 11.3 Å². The fraction of sp³-hybridized carbons (Fsp3) is 0.467. The van der Waals surface area contributed by atoms with Gasteiger partial charge in [0, 0.05) is 15.4 Å². The number of aryl methyl sites for hydroxylation is 2. The van der Waals surface area contributed by atoms with E-state index < -0.39 is 0 Å². The number of thiophene rings is 1. The summed E-state index contributed by atoms with van der Waals surface area (Å²) in [6.07, 6.45) is 1.12. The normalized spacial score (nSPS) is 12.9.